The lowest BCUT2D eigenvalue weighted by atomic mass is 10.1. The Labute approximate surface area is 146 Å². The number of rotatable bonds is 4. The van der Waals surface area contributed by atoms with Gasteiger partial charge >= 0.3 is 0 Å². The summed E-state index contributed by atoms with van der Waals surface area (Å²) in [5.41, 5.74) is 10.7. The Morgan fingerprint density at radius 1 is 1.12 bits per heavy atom. The van der Waals surface area contributed by atoms with Gasteiger partial charge in [0, 0.05) is 12.7 Å². The Hall–Kier alpha value is -3.46. The van der Waals surface area contributed by atoms with Gasteiger partial charge in [-0.3, -0.25) is 4.98 Å². The van der Waals surface area contributed by atoms with Gasteiger partial charge in [0.15, 0.2) is 5.82 Å². The Bertz CT molecular complexity index is 944. The zero-order valence-electron chi connectivity index (χ0n) is 14.1. The number of nitrogens with one attached hydrogen (secondary N) is 1. The third kappa shape index (κ3) is 3.56. The van der Waals surface area contributed by atoms with Crippen molar-refractivity contribution in [2.24, 2.45) is 0 Å². The van der Waals surface area contributed by atoms with Gasteiger partial charge in [-0.15, -0.1) is 0 Å². The first-order valence-corrected chi connectivity index (χ1v) is 7.87. The molecule has 6 nitrogen and oxygen atoms in total. The Morgan fingerprint density at radius 3 is 2.64 bits per heavy atom. The van der Waals surface area contributed by atoms with Crippen molar-refractivity contribution >= 4 is 11.8 Å². The highest BCUT2D eigenvalue weighted by molar-refractivity contribution is 5.71. The lowest BCUT2D eigenvalue weighted by Gasteiger charge is -2.12. The van der Waals surface area contributed by atoms with E-state index in [1.54, 1.807) is 18.3 Å². The number of aromatic nitrogens is 3. The number of aryl methyl sites for hydroxylation is 2. The van der Waals surface area contributed by atoms with Gasteiger partial charge in [0.05, 0.1) is 5.69 Å². The average Bonchev–Trinajstić information content (AvgIpc) is 2.63. The molecule has 0 aliphatic carbocycles. The number of pyridine rings is 1. The van der Waals surface area contributed by atoms with Crippen LogP contribution in [0.3, 0.4) is 0 Å². The number of nitriles is 1. The summed E-state index contributed by atoms with van der Waals surface area (Å²) in [5.74, 6) is 0.510. The molecule has 0 unspecified atom stereocenters. The molecular weight excluding hydrogens is 312 g/mol. The van der Waals surface area contributed by atoms with Gasteiger partial charge in [-0.2, -0.15) is 10.2 Å². The molecule has 1 aromatic carbocycles. The van der Waals surface area contributed by atoms with Gasteiger partial charge < -0.3 is 11.1 Å². The van der Waals surface area contributed by atoms with Crippen molar-refractivity contribution in [1.29, 1.82) is 5.26 Å². The van der Waals surface area contributed by atoms with Crippen LogP contribution in [-0.2, 0) is 6.54 Å². The Kier molecular flexibility index (Phi) is 4.57. The molecule has 3 rings (SSSR count). The van der Waals surface area contributed by atoms with Crippen LogP contribution in [-0.4, -0.2) is 15.0 Å². The highest BCUT2D eigenvalue weighted by Gasteiger charge is 2.15. The Morgan fingerprint density at radius 2 is 1.96 bits per heavy atom. The van der Waals surface area contributed by atoms with Crippen molar-refractivity contribution in [3.63, 3.8) is 0 Å². The predicted octanol–water partition coefficient (Wildman–Crippen LogP) is 3.22. The van der Waals surface area contributed by atoms with Crippen LogP contribution in [0.2, 0.25) is 0 Å². The molecule has 124 valence electrons. The third-order valence-corrected chi connectivity index (χ3v) is 3.98. The molecule has 0 atom stereocenters. The van der Waals surface area contributed by atoms with E-state index < -0.39 is 0 Å². The van der Waals surface area contributed by atoms with Crippen molar-refractivity contribution in [1.82, 2.24) is 15.0 Å². The standard InChI is InChI=1S/C19H18N6/c1-12-6-7-14(9-13(12)2)11-23-18-15(10-20)17(24-19(21)25-18)16-5-3-4-8-22-16/h3-9H,11H2,1-2H3,(H3,21,23,24,25). The van der Waals surface area contributed by atoms with Crippen molar-refractivity contribution in [3.05, 3.63) is 64.8 Å². The van der Waals surface area contributed by atoms with E-state index in [4.69, 9.17) is 5.73 Å². The normalized spacial score (nSPS) is 10.3. The highest BCUT2D eigenvalue weighted by Crippen LogP contribution is 2.25. The molecule has 3 N–H and O–H groups in total. The quantitative estimate of drug-likeness (QED) is 0.762. The van der Waals surface area contributed by atoms with Gasteiger partial charge in [0.2, 0.25) is 5.95 Å². The predicted molar refractivity (Wildman–Crippen MR) is 97.6 cm³/mol. The van der Waals surface area contributed by atoms with E-state index in [1.807, 2.05) is 12.1 Å². The van der Waals surface area contributed by atoms with Crippen LogP contribution in [0.5, 0.6) is 0 Å². The molecule has 3 aromatic rings. The number of anilines is 2. The van der Waals surface area contributed by atoms with Gasteiger partial charge in [-0.05, 0) is 42.7 Å². The molecule has 6 heteroatoms. The minimum Gasteiger partial charge on any atom is -0.368 e. The lowest BCUT2D eigenvalue weighted by Crippen LogP contribution is -2.09. The molecule has 0 fully saturated rings. The van der Waals surface area contributed by atoms with Crippen molar-refractivity contribution < 1.29 is 0 Å². The molecule has 0 aliphatic heterocycles. The van der Waals surface area contributed by atoms with Gasteiger partial charge in [0.1, 0.15) is 17.3 Å². The van der Waals surface area contributed by atoms with Crippen LogP contribution >= 0.6 is 0 Å². The zero-order valence-corrected chi connectivity index (χ0v) is 14.1. The molecule has 25 heavy (non-hydrogen) atoms. The van der Waals surface area contributed by atoms with Crippen LogP contribution in [0, 0.1) is 25.2 Å². The van der Waals surface area contributed by atoms with Crippen molar-refractivity contribution in [2.75, 3.05) is 11.1 Å². The maximum absolute atomic E-state index is 9.59. The van der Waals surface area contributed by atoms with E-state index in [0.717, 1.165) is 5.56 Å². The molecule has 0 aliphatic rings. The maximum atomic E-state index is 9.59. The van der Waals surface area contributed by atoms with Crippen LogP contribution < -0.4 is 11.1 Å². The number of hydrogen-bond donors (Lipinski definition) is 2. The molecule has 0 spiro atoms. The van der Waals surface area contributed by atoms with Gasteiger partial charge in [-0.1, -0.05) is 24.3 Å². The second-order valence-corrected chi connectivity index (χ2v) is 5.75. The van der Waals surface area contributed by atoms with E-state index in [0.29, 0.717) is 29.3 Å². The van der Waals surface area contributed by atoms with E-state index >= 15 is 0 Å². The largest absolute Gasteiger partial charge is 0.368 e. The smallest absolute Gasteiger partial charge is 0.222 e. The number of nitrogen functional groups attached to an aromatic ring is 1. The lowest BCUT2D eigenvalue weighted by molar-refractivity contribution is 1.07. The summed E-state index contributed by atoms with van der Waals surface area (Å²) in [5, 5.41) is 12.8. The average molecular weight is 330 g/mol. The summed E-state index contributed by atoms with van der Waals surface area (Å²) in [7, 11) is 0. The highest BCUT2D eigenvalue weighted by atomic mass is 15.1. The molecule has 0 saturated carbocycles. The number of hydrogen-bond acceptors (Lipinski definition) is 6. The summed E-state index contributed by atoms with van der Waals surface area (Å²) in [4.78, 5) is 12.6. The van der Waals surface area contributed by atoms with Crippen LogP contribution in [0.4, 0.5) is 11.8 Å². The van der Waals surface area contributed by atoms with Crippen molar-refractivity contribution in [3.8, 4) is 17.5 Å². The fraction of sp³-hybridized carbons (Fsp3) is 0.158. The summed E-state index contributed by atoms with van der Waals surface area (Å²) in [6.45, 7) is 4.68. The monoisotopic (exact) mass is 330 g/mol. The maximum Gasteiger partial charge on any atom is 0.222 e. The van der Waals surface area contributed by atoms with Crippen LogP contribution in [0.15, 0.2) is 42.6 Å². The van der Waals surface area contributed by atoms with E-state index in [-0.39, 0.29) is 5.95 Å². The molecule has 2 aromatic heterocycles. The number of nitrogens with zero attached hydrogens (tertiary/aromatic N) is 4. The molecule has 0 saturated heterocycles. The molecular formula is C19H18N6. The Balaban J connectivity index is 1.95. The SMILES string of the molecule is Cc1ccc(CNc2nc(N)nc(-c3ccccn3)c2C#N)cc1C. The van der Waals surface area contributed by atoms with E-state index in [9.17, 15) is 5.26 Å². The van der Waals surface area contributed by atoms with Gasteiger partial charge in [0.25, 0.3) is 0 Å². The van der Waals surface area contributed by atoms with Crippen molar-refractivity contribution in [2.45, 2.75) is 20.4 Å². The number of benzene rings is 1. The first-order chi connectivity index (χ1) is 12.1. The van der Waals surface area contributed by atoms with Crippen LogP contribution in [0.1, 0.15) is 22.3 Å². The fourth-order valence-corrected chi connectivity index (χ4v) is 2.50. The van der Waals surface area contributed by atoms with E-state index in [1.165, 1.54) is 11.1 Å². The van der Waals surface area contributed by atoms with E-state index in [2.05, 4.69) is 52.3 Å². The fourth-order valence-electron chi connectivity index (χ4n) is 2.50. The molecule has 0 amide bonds. The molecule has 0 bridgehead atoms. The summed E-state index contributed by atoms with van der Waals surface area (Å²) < 4.78 is 0. The first kappa shape index (κ1) is 16.4. The summed E-state index contributed by atoms with van der Waals surface area (Å²) in [6, 6.07) is 13.8. The minimum atomic E-state index is 0.0993. The van der Waals surface area contributed by atoms with Crippen LogP contribution in [0.25, 0.3) is 11.4 Å². The minimum absolute atomic E-state index is 0.0993. The summed E-state index contributed by atoms with van der Waals surface area (Å²) in [6.07, 6.45) is 1.65. The topological polar surface area (TPSA) is 101 Å². The molecule has 2 heterocycles. The number of nitrogens with two attached hydrogens (primary N) is 1. The zero-order chi connectivity index (χ0) is 17.8. The van der Waals surface area contributed by atoms with Gasteiger partial charge in [-0.25, -0.2) is 4.98 Å². The first-order valence-electron chi connectivity index (χ1n) is 7.87. The third-order valence-electron chi connectivity index (χ3n) is 3.98. The second-order valence-electron chi connectivity index (χ2n) is 5.75. The molecule has 0 radical (unpaired) electrons. The summed E-state index contributed by atoms with van der Waals surface area (Å²) >= 11 is 0. The second kappa shape index (κ2) is 6.97.